The van der Waals surface area contributed by atoms with Crippen LogP contribution in [0.5, 0.6) is 0 Å². The zero-order valence-electron chi connectivity index (χ0n) is 21.5. The lowest BCUT2D eigenvalue weighted by Crippen LogP contribution is -2.45. The summed E-state index contributed by atoms with van der Waals surface area (Å²) in [4.78, 5) is 11.7. The van der Waals surface area contributed by atoms with Gasteiger partial charge in [-0.2, -0.15) is 0 Å². The summed E-state index contributed by atoms with van der Waals surface area (Å²) in [5.41, 5.74) is 3.93. The van der Waals surface area contributed by atoms with Crippen molar-refractivity contribution in [3.63, 3.8) is 0 Å². The molecule has 0 heterocycles. The van der Waals surface area contributed by atoms with E-state index < -0.39 is 12.2 Å². The molecular weight excluding hydrogens is 445 g/mol. The number of aryl methyl sites for hydroxylation is 1. The highest BCUT2D eigenvalue weighted by molar-refractivity contribution is 5.69. The molecule has 1 aliphatic carbocycles. The zero-order valence-corrected chi connectivity index (χ0v) is 21.5. The Hall–Kier alpha value is -2.28. The SMILES string of the molecule is CCOC(=O)CCc1cccc(F)c1C(C)OC[C@@H](O)CNC(C)(C)CC1Cc2ccccc2C1. The minimum Gasteiger partial charge on any atom is -0.466 e. The Morgan fingerprint density at radius 2 is 1.86 bits per heavy atom. The Morgan fingerprint density at radius 3 is 2.51 bits per heavy atom. The van der Waals surface area contributed by atoms with Crippen molar-refractivity contribution in [3.8, 4) is 0 Å². The molecule has 0 fully saturated rings. The number of nitrogens with one attached hydrogen (secondary N) is 1. The van der Waals surface area contributed by atoms with Crippen molar-refractivity contribution in [1.29, 1.82) is 0 Å². The first-order valence-electron chi connectivity index (χ1n) is 12.7. The van der Waals surface area contributed by atoms with Gasteiger partial charge in [0.15, 0.2) is 0 Å². The average molecular weight is 486 g/mol. The Bertz CT molecular complexity index is 952. The van der Waals surface area contributed by atoms with E-state index in [1.54, 1.807) is 26.0 Å². The highest BCUT2D eigenvalue weighted by Crippen LogP contribution is 2.32. The molecule has 0 aromatic heterocycles. The summed E-state index contributed by atoms with van der Waals surface area (Å²) < 4.78 is 25.5. The van der Waals surface area contributed by atoms with Crippen molar-refractivity contribution in [3.05, 3.63) is 70.5 Å². The number of ether oxygens (including phenoxy) is 2. The van der Waals surface area contributed by atoms with E-state index in [0.717, 1.165) is 24.8 Å². The predicted molar refractivity (Wildman–Crippen MR) is 136 cm³/mol. The van der Waals surface area contributed by atoms with Crippen LogP contribution in [0, 0.1) is 11.7 Å². The molecule has 35 heavy (non-hydrogen) atoms. The first kappa shape index (κ1) is 27.3. The number of aliphatic hydroxyl groups is 1. The number of β-amino-alcohol motifs (C(OH)–C–C–N with tert-alkyl or cyclic N) is 1. The van der Waals surface area contributed by atoms with E-state index in [4.69, 9.17) is 9.47 Å². The lowest BCUT2D eigenvalue weighted by Gasteiger charge is -2.31. The normalized spacial score (nSPS) is 15.6. The van der Waals surface area contributed by atoms with Gasteiger partial charge in [0.25, 0.3) is 0 Å². The zero-order chi connectivity index (χ0) is 25.4. The summed E-state index contributed by atoms with van der Waals surface area (Å²) in [7, 11) is 0. The van der Waals surface area contributed by atoms with E-state index in [9.17, 15) is 14.3 Å². The molecular formula is C29H40FNO4. The molecule has 0 saturated heterocycles. The average Bonchev–Trinajstić information content (AvgIpc) is 3.21. The predicted octanol–water partition coefficient (Wildman–Crippen LogP) is 4.93. The molecule has 1 unspecified atom stereocenters. The lowest BCUT2D eigenvalue weighted by atomic mass is 9.88. The van der Waals surface area contributed by atoms with Crippen molar-refractivity contribution in [2.24, 2.45) is 5.92 Å². The van der Waals surface area contributed by atoms with E-state index in [0.29, 0.717) is 31.1 Å². The minimum atomic E-state index is -0.716. The maximum atomic E-state index is 14.6. The number of carbonyl (C=O) groups excluding carboxylic acids is 1. The molecule has 2 N–H and O–H groups in total. The molecule has 5 nitrogen and oxygen atoms in total. The summed E-state index contributed by atoms with van der Waals surface area (Å²) in [6.07, 6.45) is 2.52. The third-order valence-corrected chi connectivity index (χ3v) is 6.74. The van der Waals surface area contributed by atoms with Gasteiger partial charge in [-0.15, -0.1) is 0 Å². The van der Waals surface area contributed by atoms with Crippen LogP contribution in [0.4, 0.5) is 4.39 Å². The van der Waals surface area contributed by atoms with Crippen molar-refractivity contribution in [2.45, 2.75) is 77.5 Å². The lowest BCUT2D eigenvalue weighted by molar-refractivity contribution is -0.143. The van der Waals surface area contributed by atoms with Crippen molar-refractivity contribution < 1.29 is 23.8 Å². The second-order valence-corrected chi connectivity index (χ2v) is 10.3. The molecule has 0 spiro atoms. The van der Waals surface area contributed by atoms with Gasteiger partial charge in [0.1, 0.15) is 5.82 Å². The molecule has 192 valence electrons. The van der Waals surface area contributed by atoms with Gasteiger partial charge in [-0.3, -0.25) is 4.79 Å². The van der Waals surface area contributed by atoms with Crippen LogP contribution in [0.2, 0.25) is 0 Å². The maximum absolute atomic E-state index is 14.6. The highest BCUT2D eigenvalue weighted by atomic mass is 19.1. The van der Waals surface area contributed by atoms with Gasteiger partial charge in [0, 0.05) is 24.1 Å². The standard InChI is InChI=1S/C29H40FNO4/c1-5-34-27(33)14-13-22-11-8-12-26(30)28(22)20(2)35-19-25(32)18-31-29(3,4)17-21-15-23-9-6-7-10-24(23)16-21/h6-12,20-21,25,31-32H,5,13-19H2,1-4H3/t20?,25-/m0/s1. The third kappa shape index (κ3) is 8.13. The van der Waals surface area contributed by atoms with Gasteiger partial charge < -0.3 is 19.9 Å². The Morgan fingerprint density at radius 1 is 1.17 bits per heavy atom. The van der Waals surface area contributed by atoms with Crippen LogP contribution in [-0.4, -0.2) is 42.5 Å². The fourth-order valence-electron chi connectivity index (χ4n) is 5.10. The van der Waals surface area contributed by atoms with Crippen LogP contribution >= 0.6 is 0 Å². The topological polar surface area (TPSA) is 67.8 Å². The number of carbonyl (C=O) groups is 1. The second-order valence-electron chi connectivity index (χ2n) is 10.3. The molecule has 0 aliphatic heterocycles. The Balaban J connectivity index is 1.46. The number of benzene rings is 2. The minimum absolute atomic E-state index is 0.0881. The number of rotatable bonds is 13. The number of esters is 1. The van der Waals surface area contributed by atoms with Gasteiger partial charge in [-0.05, 0) is 82.1 Å². The fraction of sp³-hybridized carbons (Fsp3) is 0.552. The van der Waals surface area contributed by atoms with Crippen molar-refractivity contribution in [1.82, 2.24) is 5.32 Å². The van der Waals surface area contributed by atoms with Crippen LogP contribution in [0.1, 0.15) is 68.9 Å². The maximum Gasteiger partial charge on any atom is 0.306 e. The number of aliphatic hydroxyl groups excluding tert-OH is 1. The van der Waals surface area contributed by atoms with E-state index in [2.05, 4.69) is 43.4 Å². The number of hydrogen-bond acceptors (Lipinski definition) is 5. The first-order valence-corrected chi connectivity index (χ1v) is 12.7. The molecule has 6 heteroatoms. The summed E-state index contributed by atoms with van der Waals surface area (Å²) >= 11 is 0. The van der Waals surface area contributed by atoms with Crippen molar-refractivity contribution in [2.75, 3.05) is 19.8 Å². The summed E-state index contributed by atoms with van der Waals surface area (Å²) in [6.45, 7) is 8.68. The Kier molecular flexibility index (Phi) is 9.84. The summed E-state index contributed by atoms with van der Waals surface area (Å²) in [5, 5.41) is 14.0. The quantitative estimate of drug-likeness (QED) is 0.394. The molecule has 2 atom stereocenters. The molecule has 0 radical (unpaired) electrons. The second kappa shape index (κ2) is 12.6. The third-order valence-electron chi connectivity index (χ3n) is 6.74. The highest BCUT2D eigenvalue weighted by Gasteiger charge is 2.28. The van der Waals surface area contributed by atoms with Gasteiger partial charge in [0.05, 0.1) is 25.4 Å². The molecule has 2 aromatic rings. The van der Waals surface area contributed by atoms with E-state index in [-0.39, 0.29) is 30.4 Å². The first-order chi connectivity index (χ1) is 16.7. The van der Waals surface area contributed by atoms with Crippen LogP contribution in [0.15, 0.2) is 42.5 Å². The van der Waals surface area contributed by atoms with E-state index in [1.165, 1.54) is 17.2 Å². The smallest absolute Gasteiger partial charge is 0.306 e. The molecule has 0 amide bonds. The van der Waals surface area contributed by atoms with Crippen LogP contribution in [-0.2, 0) is 33.5 Å². The number of halogens is 1. The van der Waals surface area contributed by atoms with E-state index in [1.807, 2.05) is 0 Å². The van der Waals surface area contributed by atoms with Crippen LogP contribution < -0.4 is 5.32 Å². The van der Waals surface area contributed by atoms with Crippen molar-refractivity contribution >= 4 is 5.97 Å². The molecule has 0 saturated carbocycles. The number of hydrogen-bond donors (Lipinski definition) is 2. The van der Waals surface area contributed by atoms with Crippen LogP contribution in [0.3, 0.4) is 0 Å². The van der Waals surface area contributed by atoms with Crippen LogP contribution in [0.25, 0.3) is 0 Å². The number of fused-ring (bicyclic) bond motifs is 1. The molecule has 1 aliphatic rings. The fourth-order valence-corrected chi connectivity index (χ4v) is 5.10. The molecule has 0 bridgehead atoms. The summed E-state index contributed by atoms with van der Waals surface area (Å²) in [6, 6.07) is 13.5. The Labute approximate surface area is 209 Å². The van der Waals surface area contributed by atoms with Gasteiger partial charge in [-0.1, -0.05) is 36.4 Å². The van der Waals surface area contributed by atoms with E-state index >= 15 is 0 Å². The van der Waals surface area contributed by atoms with Gasteiger partial charge >= 0.3 is 5.97 Å². The van der Waals surface area contributed by atoms with Gasteiger partial charge in [0.2, 0.25) is 0 Å². The molecule has 2 aromatic carbocycles. The summed E-state index contributed by atoms with van der Waals surface area (Å²) in [5.74, 6) is -0.0792. The van der Waals surface area contributed by atoms with Gasteiger partial charge in [-0.25, -0.2) is 4.39 Å². The monoisotopic (exact) mass is 485 g/mol. The molecule has 3 rings (SSSR count). The largest absolute Gasteiger partial charge is 0.466 e.